The summed E-state index contributed by atoms with van der Waals surface area (Å²) in [6.07, 6.45) is 5.22. The van der Waals surface area contributed by atoms with Gasteiger partial charge in [-0.1, -0.05) is 82.8 Å². The fourth-order valence-corrected chi connectivity index (χ4v) is 13.5. The maximum absolute atomic E-state index is 14.3. The Morgan fingerprint density at radius 2 is 0.685 bits per heavy atom. The number of amides is 3. The summed E-state index contributed by atoms with van der Waals surface area (Å²) in [5.41, 5.74) is 19.6. The molecular formula is C67H61BF3N12O6S3. The number of nitrogens with two attached hydrogens (primary N) is 3. The molecule has 9 aromatic rings. The number of carbonyl (C=O) groups excluding carboxylic acids is 6. The van der Waals surface area contributed by atoms with E-state index in [1.807, 2.05) is 0 Å². The molecule has 6 aromatic heterocycles. The molecule has 92 heavy (non-hydrogen) atoms. The number of aromatic nitrogens is 3. The Labute approximate surface area is 542 Å². The van der Waals surface area contributed by atoms with Crippen molar-refractivity contribution in [2.75, 3.05) is 21.1 Å². The number of likely N-dealkylation sites (N-methyl/N-ethyl adjacent to an activating group) is 3. The monoisotopic (exact) mass is 1290 g/mol. The van der Waals surface area contributed by atoms with E-state index < -0.39 is 34.5 Å². The molecule has 3 aliphatic heterocycles. The Hall–Kier alpha value is -10.1. The van der Waals surface area contributed by atoms with E-state index in [1.165, 1.54) is 67.3 Å². The maximum atomic E-state index is 14.3. The topological polar surface area (TPSA) is 266 Å². The van der Waals surface area contributed by atoms with Gasteiger partial charge in [-0.2, -0.15) is 13.2 Å². The van der Waals surface area contributed by atoms with Crippen molar-refractivity contribution in [3.63, 3.8) is 0 Å². The van der Waals surface area contributed by atoms with Gasteiger partial charge in [0.15, 0.2) is 51.8 Å². The van der Waals surface area contributed by atoms with E-state index in [1.54, 1.807) is 185 Å². The van der Waals surface area contributed by atoms with E-state index in [4.69, 9.17) is 17.2 Å². The number of nitrogens with zero attached hydrogens (tertiary/aromatic N) is 9. The van der Waals surface area contributed by atoms with Gasteiger partial charge in [-0.05, 0) is 122 Å². The summed E-state index contributed by atoms with van der Waals surface area (Å²) in [5.74, 6) is -2.62. The van der Waals surface area contributed by atoms with E-state index in [-0.39, 0.29) is 68.8 Å². The van der Waals surface area contributed by atoms with Gasteiger partial charge in [0.25, 0.3) is 17.7 Å². The second-order valence-electron chi connectivity index (χ2n) is 20.8. The largest absolute Gasteiger partial charge is 0.369 e. The third-order valence-electron chi connectivity index (χ3n) is 15.6. The third kappa shape index (κ3) is 12.1. The van der Waals surface area contributed by atoms with Crippen molar-refractivity contribution in [2.24, 2.45) is 32.2 Å². The second-order valence-corrected chi connectivity index (χ2v) is 23.6. The number of hydrogen-bond acceptors (Lipinski definition) is 18. The molecule has 18 nitrogen and oxygen atoms in total. The number of halogens is 3. The lowest BCUT2D eigenvalue weighted by Gasteiger charge is -2.25. The second kappa shape index (κ2) is 27.6. The highest BCUT2D eigenvalue weighted by Crippen LogP contribution is 2.46. The number of thiophene rings is 3. The third-order valence-corrected chi connectivity index (χ3v) is 18.5. The van der Waals surface area contributed by atoms with E-state index in [0.29, 0.717) is 101 Å². The summed E-state index contributed by atoms with van der Waals surface area (Å²) in [6.45, 7) is 5.36. The lowest BCUT2D eigenvalue weighted by molar-refractivity contribution is -0.130. The van der Waals surface area contributed by atoms with Crippen molar-refractivity contribution in [3.05, 3.63) is 228 Å². The van der Waals surface area contributed by atoms with Crippen LogP contribution in [0.4, 0.5) is 13.2 Å². The number of rotatable bonds is 15. The molecule has 0 spiro atoms. The fraction of sp³-hybridized carbons (Fsp3) is 0.194. The minimum Gasteiger partial charge on any atom is -0.369 e. The van der Waals surface area contributed by atoms with E-state index in [0.717, 1.165) is 0 Å². The molecule has 9 heterocycles. The highest BCUT2D eigenvalue weighted by Gasteiger charge is 2.53. The first-order chi connectivity index (χ1) is 43.1. The van der Waals surface area contributed by atoms with Crippen LogP contribution in [-0.2, 0) is 31.0 Å². The van der Waals surface area contributed by atoms with Crippen LogP contribution in [0.3, 0.4) is 0 Å². The molecule has 6 N–H and O–H groups in total. The number of guanidine groups is 3. The molecule has 0 aliphatic carbocycles. The molecule has 0 fully saturated rings. The predicted octanol–water partition coefficient (Wildman–Crippen LogP) is 11.0. The van der Waals surface area contributed by atoms with Gasteiger partial charge < -0.3 is 17.2 Å². The molecule has 3 radical (unpaired) electrons. The number of pyridine rings is 3. The average molecular weight is 1290 g/mol. The van der Waals surface area contributed by atoms with Gasteiger partial charge in [-0.3, -0.25) is 43.5 Å². The predicted molar refractivity (Wildman–Crippen MR) is 354 cm³/mol. The highest BCUT2D eigenvalue weighted by atomic mass is 32.1. The first kappa shape index (κ1) is 67.8. The molecule has 25 heteroatoms. The number of Topliss-reactive ketones (excluding diaryl/α,β-unsaturated/α-hetero) is 3. The molecule has 0 saturated heterocycles. The average Bonchev–Trinajstić information content (AvgIpc) is 1.57. The zero-order chi connectivity index (χ0) is 64.4. The summed E-state index contributed by atoms with van der Waals surface area (Å²) >= 11 is 3.81. The summed E-state index contributed by atoms with van der Waals surface area (Å²) in [6, 6.07) is 35.7. The van der Waals surface area contributed by atoms with E-state index in [9.17, 15) is 41.9 Å². The van der Waals surface area contributed by atoms with Crippen molar-refractivity contribution < 1.29 is 41.9 Å². The molecule has 3 atom stereocenters. The van der Waals surface area contributed by atoms with Crippen LogP contribution in [0.1, 0.15) is 110 Å². The van der Waals surface area contributed by atoms with Crippen molar-refractivity contribution in [3.8, 4) is 33.4 Å². The molecule has 3 aliphatic rings. The number of carbonyl (C=O) groups is 6. The van der Waals surface area contributed by atoms with Gasteiger partial charge in [0, 0.05) is 101 Å². The van der Waals surface area contributed by atoms with Crippen LogP contribution < -0.4 is 17.2 Å². The Morgan fingerprint density at radius 3 is 0.902 bits per heavy atom. The molecule has 3 amide bonds. The Balaban J connectivity index is 0.000000176. The summed E-state index contributed by atoms with van der Waals surface area (Å²) in [5, 5.41) is 5.27. The van der Waals surface area contributed by atoms with E-state index >= 15 is 0 Å². The lowest BCUT2D eigenvalue weighted by Crippen LogP contribution is -2.41. The minimum absolute atomic E-state index is 0. The van der Waals surface area contributed by atoms with Crippen LogP contribution in [-0.4, -0.2) is 112 Å². The Bertz CT molecular complexity index is 4020. The zero-order valence-corrected chi connectivity index (χ0v) is 52.3. The number of hydrogen-bond donors (Lipinski definition) is 3. The smallest absolute Gasteiger partial charge is 0.266 e. The van der Waals surface area contributed by atoms with Gasteiger partial charge in [0.1, 0.15) is 0 Å². The number of aliphatic imine (C=N–C) groups is 3. The SMILES string of the molecule is C.CCC(=O)c1cc(C2(c3cccc(-c4cccnc4F)c3)N=C(N)N(C)C2=O)cs1.CCC(=O)c1cc([C@@]2(c3cccc(-c4cccnc4F)c3)N=C(N)N(C)C2=O)cs1.CCC(=O)c1cc([C@]2(c3cccc(-c4cccnc4F)c3)N=C(N)N(C)C2=O)cs1.[B]. The zero-order valence-electron chi connectivity index (χ0n) is 49.9. The van der Waals surface area contributed by atoms with Crippen molar-refractivity contribution >= 4 is 95.4 Å². The normalized spacial score (nSPS) is 18.2. The van der Waals surface area contributed by atoms with Gasteiger partial charge in [-0.25, -0.2) is 29.9 Å². The molecular weight excluding hydrogens is 1230 g/mol. The number of ketones is 3. The first-order valence-electron chi connectivity index (χ1n) is 28.1. The molecule has 0 saturated carbocycles. The van der Waals surface area contributed by atoms with E-state index in [2.05, 4.69) is 29.9 Å². The van der Waals surface area contributed by atoms with Crippen LogP contribution >= 0.6 is 34.0 Å². The molecule has 1 unspecified atom stereocenters. The lowest BCUT2D eigenvalue weighted by atomic mass is 9.83. The highest BCUT2D eigenvalue weighted by molar-refractivity contribution is 7.13. The standard InChI is InChI=1S/3C22H19FN4O2S.CH4.B/c3*1-3-17(28)18-11-15(12-30-18)22(20(29)27(2)21(24)26-22)14-7-4-6-13(10-14)16-8-5-9-25-19(16)23;;/h3*4-12H,3H2,1-2H3,(H2,24,26);1H4;/t2*22-;;;/m10.../s1. The molecule has 3 aromatic carbocycles. The van der Waals surface area contributed by atoms with Gasteiger partial charge in [-0.15, -0.1) is 34.0 Å². The molecule has 467 valence electrons. The molecule has 12 rings (SSSR count). The minimum atomic E-state index is -1.43. The summed E-state index contributed by atoms with van der Waals surface area (Å²) in [7, 11) is 4.66. The van der Waals surface area contributed by atoms with Gasteiger partial charge in [0.05, 0.1) is 14.6 Å². The Morgan fingerprint density at radius 1 is 0.424 bits per heavy atom. The quantitative estimate of drug-likeness (QED) is 0.0491. The van der Waals surface area contributed by atoms with Crippen LogP contribution in [0, 0.1) is 17.8 Å². The van der Waals surface area contributed by atoms with Crippen LogP contribution in [0.5, 0.6) is 0 Å². The van der Waals surface area contributed by atoms with Gasteiger partial charge in [0.2, 0.25) is 17.8 Å². The fourth-order valence-electron chi connectivity index (χ4n) is 10.6. The van der Waals surface area contributed by atoms with Crippen LogP contribution in [0.25, 0.3) is 33.4 Å². The van der Waals surface area contributed by atoms with Crippen LogP contribution in [0.15, 0.2) is 177 Å². The van der Waals surface area contributed by atoms with Crippen molar-refractivity contribution in [2.45, 2.75) is 64.1 Å². The van der Waals surface area contributed by atoms with Crippen molar-refractivity contribution in [1.29, 1.82) is 0 Å². The van der Waals surface area contributed by atoms with Crippen molar-refractivity contribution in [1.82, 2.24) is 29.7 Å². The van der Waals surface area contributed by atoms with Gasteiger partial charge >= 0.3 is 0 Å². The number of benzene rings is 3. The molecule has 0 bridgehead atoms. The summed E-state index contributed by atoms with van der Waals surface area (Å²) < 4.78 is 42.8. The Kier molecular flexibility index (Phi) is 20.3. The first-order valence-corrected chi connectivity index (χ1v) is 30.7. The summed E-state index contributed by atoms with van der Waals surface area (Å²) in [4.78, 5) is 107. The maximum Gasteiger partial charge on any atom is 0.266 e. The van der Waals surface area contributed by atoms with Crippen LogP contribution in [0.2, 0.25) is 0 Å².